The number of piperidine rings is 4. The third kappa shape index (κ3) is 4.49. The Morgan fingerprint density at radius 2 is 1.88 bits per heavy atom. The maximum Gasteiger partial charge on any atom is 0.331 e. The third-order valence-corrected chi connectivity index (χ3v) is 8.21. The quantitative estimate of drug-likeness (QED) is 0.497. The van der Waals surface area contributed by atoms with Crippen molar-refractivity contribution in [3.8, 4) is 0 Å². The fourth-order valence-electron chi connectivity index (χ4n) is 6.13. The lowest BCUT2D eigenvalue weighted by Gasteiger charge is -2.52. The number of nitrogens with zero attached hydrogens (tertiary/aromatic N) is 3. The van der Waals surface area contributed by atoms with E-state index in [0.29, 0.717) is 29.3 Å². The van der Waals surface area contributed by atoms with Crippen LogP contribution in [0.3, 0.4) is 0 Å². The largest absolute Gasteiger partial charge is 0.454 e. The maximum atomic E-state index is 13.9. The van der Waals surface area contributed by atoms with E-state index in [1.54, 1.807) is 6.07 Å². The van der Waals surface area contributed by atoms with E-state index in [1.807, 2.05) is 37.3 Å². The minimum absolute atomic E-state index is 0.0817. The van der Waals surface area contributed by atoms with Gasteiger partial charge in [-0.25, -0.2) is 4.79 Å². The van der Waals surface area contributed by atoms with Crippen LogP contribution in [0, 0.1) is 5.92 Å². The number of carbonyl (C=O) groups is 2. The zero-order valence-electron chi connectivity index (χ0n) is 19.9. The topological polar surface area (TPSA) is 84.7 Å². The molecule has 34 heavy (non-hydrogen) atoms. The summed E-state index contributed by atoms with van der Waals surface area (Å²) in [6.45, 7) is 6.74. The molecule has 2 atom stereocenters. The van der Waals surface area contributed by atoms with Crippen molar-refractivity contribution in [1.82, 2.24) is 10.1 Å². The van der Waals surface area contributed by atoms with E-state index in [0.717, 1.165) is 57.4 Å². The maximum absolute atomic E-state index is 13.9. The SMILES string of the molecule is C[C@](C(=O)O[C@H]1C[N+]2(CC(=O)Nc3ccon3)CCC1CC2)(c1ccccc1)N1CCCCC1. The van der Waals surface area contributed by atoms with Gasteiger partial charge in [-0.2, -0.15) is 0 Å². The van der Waals surface area contributed by atoms with Gasteiger partial charge in [0.1, 0.15) is 18.3 Å². The average Bonchev–Trinajstić information content (AvgIpc) is 3.37. The van der Waals surface area contributed by atoms with Crippen LogP contribution in [0.25, 0.3) is 0 Å². The Labute approximate surface area is 200 Å². The summed E-state index contributed by atoms with van der Waals surface area (Å²) in [6, 6.07) is 11.7. The molecule has 182 valence electrons. The number of hydrogen-bond acceptors (Lipinski definition) is 6. The molecule has 4 aliphatic rings. The Kier molecular flexibility index (Phi) is 6.44. The first-order valence-corrected chi connectivity index (χ1v) is 12.6. The van der Waals surface area contributed by atoms with Crippen molar-refractivity contribution < 1.29 is 23.3 Å². The van der Waals surface area contributed by atoms with Gasteiger partial charge in [0.25, 0.3) is 5.91 Å². The minimum atomic E-state index is -0.803. The molecule has 8 heteroatoms. The Bertz CT molecular complexity index is 981. The summed E-state index contributed by atoms with van der Waals surface area (Å²) in [5.41, 5.74) is 0.183. The van der Waals surface area contributed by atoms with Crippen LogP contribution in [0.4, 0.5) is 5.82 Å². The molecule has 4 aliphatic heterocycles. The van der Waals surface area contributed by atoms with Gasteiger partial charge >= 0.3 is 5.97 Å². The average molecular weight is 468 g/mol. The van der Waals surface area contributed by atoms with Crippen LogP contribution >= 0.6 is 0 Å². The van der Waals surface area contributed by atoms with E-state index in [4.69, 9.17) is 9.26 Å². The molecule has 2 aromatic rings. The number of esters is 1. The van der Waals surface area contributed by atoms with Crippen LogP contribution in [-0.4, -0.2) is 71.8 Å². The van der Waals surface area contributed by atoms with E-state index in [1.165, 1.54) is 12.7 Å². The molecule has 2 bridgehead atoms. The van der Waals surface area contributed by atoms with Crippen LogP contribution in [0.1, 0.15) is 44.6 Å². The molecule has 4 saturated heterocycles. The molecule has 6 rings (SSSR count). The van der Waals surface area contributed by atoms with E-state index < -0.39 is 5.54 Å². The summed E-state index contributed by atoms with van der Waals surface area (Å²) in [5, 5.41) is 6.59. The van der Waals surface area contributed by atoms with Crippen molar-refractivity contribution >= 4 is 17.7 Å². The molecule has 8 nitrogen and oxygen atoms in total. The molecule has 1 aromatic heterocycles. The molecule has 0 aliphatic carbocycles. The number of anilines is 1. The second kappa shape index (κ2) is 9.50. The van der Waals surface area contributed by atoms with Crippen LogP contribution in [0.15, 0.2) is 47.2 Å². The Morgan fingerprint density at radius 1 is 1.15 bits per heavy atom. The molecular weight excluding hydrogens is 432 g/mol. The standard InChI is InChI=1S/C26H34N4O4/c1-26(21-8-4-2-5-9-21,29-13-6-3-7-14-29)25(32)34-22-18-30(15-10-20(22)11-16-30)19-24(31)27-23-12-17-33-28-23/h2,4-5,8-9,12,17,20,22H,3,6-7,10-11,13-16,18-19H2,1H3/p+1/t20?,22-,26+,30?/m0/s1. The molecule has 4 fully saturated rings. The second-order valence-corrected chi connectivity index (χ2v) is 10.3. The zero-order valence-corrected chi connectivity index (χ0v) is 19.9. The minimum Gasteiger partial charge on any atom is -0.454 e. The Balaban J connectivity index is 1.31. The number of carbonyl (C=O) groups excluding carboxylic acids is 2. The number of rotatable bonds is 7. The lowest BCUT2D eigenvalue weighted by molar-refractivity contribution is -0.939. The monoisotopic (exact) mass is 467 g/mol. The number of benzene rings is 1. The van der Waals surface area contributed by atoms with Crippen molar-refractivity contribution in [2.45, 2.75) is 50.7 Å². The summed E-state index contributed by atoms with van der Waals surface area (Å²) in [5.74, 6) is 0.550. The van der Waals surface area contributed by atoms with Gasteiger partial charge in [0, 0.05) is 24.8 Å². The van der Waals surface area contributed by atoms with Crippen LogP contribution in [0.2, 0.25) is 0 Å². The molecule has 0 radical (unpaired) electrons. The Morgan fingerprint density at radius 3 is 2.56 bits per heavy atom. The first-order chi connectivity index (χ1) is 16.5. The zero-order chi connectivity index (χ0) is 23.6. The summed E-state index contributed by atoms with van der Waals surface area (Å²) in [7, 11) is 0. The summed E-state index contributed by atoms with van der Waals surface area (Å²) in [4.78, 5) is 28.9. The lowest BCUT2D eigenvalue weighted by atomic mass is 9.82. The molecular formula is C26H35N4O4+. The second-order valence-electron chi connectivity index (χ2n) is 10.3. The van der Waals surface area contributed by atoms with Crippen molar-refractivity contribution in [3.05, 3.63) is 48.2 Å². The van der Waals surface area contributed by atoms with E-state index >= 15 is 0 Å². The van der Waals surface area contributed by atoms with E-state index in [9.17, 15) is 9.59 Å². The number of aromatic nitrogens is 1. The number of quaternary nitrogens is 1. The Hall–Kier alpha value is -2.71. The molecule has 1 aromatic carbocycles. The van der Waals surface area contributed by atoms with Gasteiger partial charge in [0.15, 0.2) is 18.5 Å². The van der Waals surface area contributed by atoms with Gasteiger partial charge < -0.3 is 19.1 Å². The number of amides is 1. The highest BCUT2D eigenvalue weighted by molar-refractivity contribution is 5.90. The van der Waals surface area contributed by atoms with Crippen molar-refractivity contribution in [1.29, 1.82) is 0 Å². The van der Waals surface area contributed by atoms with Gasteiger partial charge in [-0.05, 0) is 38.4 Å². The van der Waals surface area contributed by atoms with Crippen LogP contribution < -0.4 is 5.32 Å². The third-order valence-electron chi connectivity index (χ3n) is 8.21. The highest BCUT2D eigenvalue weighted by Crippen LogP contribution is 2.38. The van der Waals surface area contributed by atoms with Gasteiger partial charge in [-0.15, -0.1) is 0 Å². The normalized spacial score (nSPS) is 28.7. The summed E-state index contributed by atoms with van der Waals surface area (Å²) < 4.78 is 11.8. The smallest absolute Gasteiger partial charge is 0.331 e. The highest BCUT2D eigenvalue weighted by Gasteiger charge is 2.51. The molecule has 0 spiro atoms. The van der Waals surface area contributed by atoms with Crippen molar-refractivity contribution in [2.75, 3.05) is 44.6 Å². The predicted octanol–water partition coefficient (Wildman–Crippen LogP) is 3.17. The molecule has 1 N–H and O–H groups in total. The molecule has 1 amide bonds. The fraction of sp³-hybridized carbons (Fsp3) is 0.577. The number of hydrogen-bond donors (Lipinski definition) is 1. The summed E-state index contributed by atoms with van der Waals surface area (Å²) >= 11 is 0. The van der Waals surface area contributed by atoms with E-state index in [-0.39, 0.29) is 18.0 Å². The van der Waals surface area contributed by atoms with Crippen LogP contribution in [0.5, 0.6) is 0 Å². The molecule has 0 saturated carbocycles. The van der Waals surface area contributed by atoms with Gasteiger partial charge in [-0.1, -0.05) is 41.9 Å². The van der Waals surface area contributed by atoms with Gasteiger partial charge in [0.2, 0.25) is 0 Å². The number of nitrogens with one attached hydrogen (secondary N) is 1. The first kappa shape index (κ1) is 23.1. The van der Waals surface area contributed by atoms with Crippen molar-refractivity contribution in [2.24, 2.45) is 5.92 Å². The van der Waals surface area contributed by atoms with E-state index in [2.05, 4.69) is 15.4 Å². The molecule has 5 heterocycles. The number of fused-ring (bicyclic) bond motifs is 3. The van der Waals surface area contributed by atoms with Crippen molar-refractivity contribution in [3.63, 3.8) is 0 Å². The first-order valence-electron chi connectivity index (χ1n) is 12.6. The number of likely N-dealkylation sites (tertiary alicyclic amines) is 1. The van der Waals surface area contributed by atoms with Gasteiger partial charge in [-0.3, -0.25) is 9.69 Å². The predicted molar refractivity (Wildman–Crippen MR) is 127 cm³/mol. The summed E-state index contributed by atoms with van der Waals surface area (Å²) in [6.07, 6.45) is 6.63. The van der Waals surface area contributed by atoms with Crippen LogP contribution in [-0.2, 0) is 19.9 Å². The molecule has 0 unspecified atom stereocenters. The van der Waals surface area contributed by atoms with Gasteiger partial charge in [0.05, 0.1) is 13.1 Å². The lowest BCUT2D eigenvalue weighted by Crippen LogP contribution is -2.66. The fourth-order valence-corrected chi connectivity index (χ4v) is 6.13. The highest BCUT2D eigenvalue weighted by atomic mass is 16.5. The number of ether oxygens (including phenoxy) is 1.